The van der Waals surface area contributed by atoms with Crippen LogP contribution in [0.25, 0.3) is 0 Å². The Morgan fingerprint density at radius 2 is 1.48 bits per heavy atom. The number of hydrogen-bond donors (Lipinski definition) is 0. The van der Waals surface area contributed by atoms with E-state index in [1.54, 1.807) is 0 Å². The maximum atomic E-state index is 13.1. The van der Waals surface area contributed by atoms with Gasteiger partial charge >= 0.3 is 5.91 Å². The minimum atomic E-state index is -0.511. The molecule has 0 radical (unpaired) electrons. The van der Waals surface area contributed by atoms with E-state index in [9.17, 15) is 9.59 Å². The van der Waals surface area contributed by atoms with Crippen molar-refractivity contribution in [1.82, 2.24) is 5.01 Å². The van der Waals surface area contributed by atoms with Gasteiger partial charge in [-0.1, -0.05) is 48.5 Å². The second-order valence-corrected chi connectivity index (χ2v) is 8.02. The first-order valence-corrected chi connectivity index (χ1v) is 10.7. The van der Waals surface area contributed by atoms with E-state index in [2.05, 4.69) is 0 Å². The van der Waals surface area contributed by atoms with Gasteiger partial charge in [0.1, 0.15) is 24.6 Å². The van der Waals surface area contributed by atoms with E-state index >= 15 is 0 Å². The Bertz CT molecular complexity index is 1040. The van der Waals surface area contributed by atoms with Crippen molar-refractivity contribution in [2.24, 2.45) is 0 Å². The fourth-order valence-corrected chi connectivity index (χ4v) is 4.26. The van der Waals surface area contributed by atoms with Gasteiger partial charge in [0, 0.05) is 12.0 Å². The highest BCUT2D eigenvalue weighted by Crippen LogP contribution is 2.31. The zero-order valence-electron chi connectivity index (χ0n) is 17.1. The second kappa shape index (κ2) is 9.29. The number of amides is 2. The summed E-state index contributed by atoms with van der Waals surface area (Å²) in [6.45, 7) is 1.26. The predicted octanol–water partition coefficient (Wildman–Crippen LogP) is 5.20. The highest BCUT2D eigenvalue weighted by Gasteiger charge is 2.47. The van der Waals surface area contributed by atoms with Crippen LogP contribution >= 0.6 is 0 Å². The molecule has 1 aliphatic rings. The van der Waals surface area contributed by atoms with Gasteiger partial charge in [-0.3, -0.25) is 4.79 Å². The Hall–Kier alpha value is -3.22. The van der Waals surface area contributed by atoms with Crippen molar-refractivity contribution in [3.63, 3.8) is 0 Å². The molecule has 1 aliphatic heterocycles. The van der Waals surface area contributed by atoms with Crippen molar-refractivity contribution in [2.75, 3.05) is 6.54 Å². The molecular formula is C25H24N2O3S. The molecular weight excluding hydrogens is 408 g/mol. The third-order valence-electron chi connectivity index (χ3n) is 5.58. The lowest BCUT2D eigenvalue weighted by Gasteiger charge is -2.42. The highest BCUT2D eigenvalue weighted by atomic mass is 32.1. The first kappa shape index (κ1) is 21.0. The lowest BCUT2D eigenvalue weighted by Crippen LogP contribution is -2.61. The van der Waals surface area contributed by atoms with Crippen molar-refractivity contribution in [3.05, 3.63) is 96.1 Å². The molecule has 0 saturated carbocycles. The summed E-state index contributed by atoms with van der Waals surface area (Å²) in [7, 11) is 0. The van der Waals surface area contributed by atoms with Crippen LogP contribution in [-0.2, 0) is 30.5 Å². The first-order chi connectivity index (χ1) is 15.1. The van der Waals surface area contributed by atoms with Crippen LogP contribution in [0.3, 0.4) is 0 Å². The van der Waals surface area contributed by atoms with E-state index in [-0.39, 0.29) is 10.5 Å². The molecule has 3 aromatic rings. The van der Waals surface area contributed by atoms with Gasteiger partial charge in [-0.25, -0.2) is 4.79 Å². The average Bonchev–Trinajstić information content (AvgIpc) is 3.15. The summed E-state index contributed by atoms with van der Waals surface area (Å²) < 4.78 is 5.80. The number of carbonyl (C=O) groups is 2. The number of hydrogen-bond acceptors (Lipinski definition) is 4. The van der Waals surface area contributed by atoms with E-state index in [4.69, 9.17) is 17.4 Å². The molecule has 31 heavy (non-hydrogen) atoms. The fraction of sp³-hybridized carbons (Fsp3) is 0.200. The third-order valence-corrected chi connectivity index (χ3v) is 5.79. The van der Waals surface area contributed by atoms with Crippen molar-refractivity contribution in [1.29, 1.82) is 0 Å². The Labute approximate surface area is 187 Å². The molecule has 1 fully saturated rings. The number of para-hydroxylation sites is 1. The molecule has 5 nitrogen and oxygen atoms in total. The Balaban J connectivity index is 1.57. The van der Waals surface area contributed by atoms with E-state index in [1.165, 1.54) is 5.01 Å². The van der Waals surface area contributed by atoms with Crippen LogP contribution in [0.5, 0.6) is 11.5 Å². The number of ether oxygens (including phenoxy) is 1. The van der Waals surface area contributed by atoms with Crippen LogP contribution in [0.15, 0.2) is 84.9 Å². The first-order valence-electron chi connectivity index (χ1n) is 10.3. The zero-order chi connectivity index (χ0) is 21.7. The molecule has 3 aromatic carbocycles. The van der Waals surface area contributed by atoms with E-state index in [1.807, 2.05) is 84.9 Å². The summed E-state index contributed by atoms with van der Waals surface area (Å²) in [5.41, 5.74) is 1.90. The molecule has 158 valence electrons. The largest absolute Gasteiger partial charge is 0.714 e. The summed E-state index contributed by atoms with van der Waals surface area (Å²) in [5, 5.41) is 1.03. The van der Waals surface area contributed by atoms with Gasteiger partial charge in [0.05, 0.1) is 13.0 Å². The molecule has 1 unspecified atom stereocenters. The van der Waals surface area contributed by atoms with Crippen molar-refractivity contribution in [3.8, 4) is 11.5 Å². The summed E-state index contributed by atoms with van der Waals surface area (Å²) in [6, 6.07) is 26.9. The molecule has 0 N–H and O–H groups in total. The number of rotatable bonds is 7. The lowest BCUT2D eigenvalue weighted by molar-refractivity contribution is -0.962. The minimum Gasteiger partial charge on any atom is -0.714 e. The SMILES string of the molecule is O=C([S-])N(Cc1ccccc1)[N+]1(Cc2ccc(Oc3ccccc3)cc2)CCCC1=O. The molecule has 1 heterocycles. The summed E-state index contributed by atoms with van der Waals surface area (Å²) >= 11 is 5.07. The van der Waals surface area contributed by atoms with E-state index < -0.39 is 5.24 Å². The normalized spacial score (nSPS) is 18.0. The van der Waals surface area contributed by atoms with Gasteiger partial charge in [-0.15, -0.1) is 0 Å². The van der Waals surface area contributed by atoms with E-state index in [0.29, 0.717) is 26.1 Å². The summed E-state index contributed by atoms with van der Waals surface area (Å²) in [4.78, 5) is 25.5. The van der Waals surface area contributed by atoms with Crippen LogP contribution in [-0.4, -0.2) is 27.3 Å². The Morgan fingerprint density at radius 1 is 0.871 bits per heavy atom. The molecule has 0 spiro atoms. The average molecular weight is 433 g/mol. The van der Waals surface area contributed by atoms with Crippen LogP contribution in [0.2, 0.25) is 0 Å². The zero-order valence-corrected chi connectivity index (χ0v) is 18.0. The quantitative estimate of drug-likeness (QED) is 0.380. The van der Waals surface area contributed by atoms with Crippen molar-refractivity contribution in [2.45, 2.75) is 25.9 Å². The Morgan fingerprint density at radius 3 is 2.06 bits per heavy atom. The van der Waals surface area contributed by atoms with Gasteiger partial charge in [-0.05, 0) is 42.0 Å². The topological polar surface area (TPSA) is 46.6 Å². The predicted molar refractivity (Wildman–Crippen MR) is 121 cm³/mol. The fourth-order valence-electron chi connectivity index (χ4n) is 4.03. The molecule has 0 bridgehead atoms. The highest BCUT2D eigenvalue weighted by molar-refractivity contribution is 7.76. The van der Waals surface area contributed by atoms with Crippen LogP contribution in [0, 0.1) is 0 Å². The maximum Gasteiger partial charge on any atom is 0.338 e. The van der Waals surface area contributed by atoms with Gasteiger partial charge in [0.2, 0.25) is 0 Å². The monoisotopic (exact) mass is 432 g/mol. The Kier molecular flexibility index (Phi) is 6.30. The van der Waals surface area contributed by atoms with Gasteiger partial charge < -0.3 is 17.4 Å². The van der Waals surface area contributed by atoms with Crippen LogP contribution in [0.1, 0.15) is 24.0 Å². The number of quaternary nitrogens is 1. The standard InChI is InChI=1S/C25H24N2O3S/c28-24-12-7-17-27(24,26(25(29)31)18-20-8-3-1-4-9-20)19-21-13-15-23(16-14-21)30-22-10-5-2-6-11-22/h1-6,8-11,13-16H,7,12,17-19H2. The molecule has 6 heteroatoms. The molecule has 4 rings (SSSR count). The third kappa shape index (κ3) is 4.76. The maximum absolute atomic E-state index is 13.1. The second-order valence-electron chi connectivity index (χ2n) is 7.67. The molecule has 1 saturated heterocycles. The number of benzene rings is 3. The molecule has 1 atom stereocenters. The number of nitrogens with zero attached hydrogens (tertiary/aromatic N) is 2. The number of likely N-dealkylation sites (tertiary alicyclic amines) is 1. The van der Waals surface area contributed by atoms with Crippen molar-refractivity contribution >= 4 is 23.8 Å². The van der Waals surface area contributed by atoms with E-state index in [0.717, 1.165) is 29.0 Å². The summed E-state index contributed by atoms with van der Waals surface area (Å²) in [5.74, 6) is 1.51. The lowest BCUT2D eigenvalue weighted by atomic mass is 10.2. The van der Waals surface area contributed by atoms with Crippen molar-refractivity contribution < 1.29 is 18.9 Å². The van der Waals surface area contributed by atoms with Crippen LogP contribution in [0.4, 0.5) is 4.79 Å². The molecule has 2 amide bonds. The smallest absolute Gasteiger partial charge is 0.338 e. The van der Waals surface area contributed by atoms with Gasteiger partial charge in [-0.2, -0.15) is 9.60 Å². The van der Waals surface area contributed by atoms with Gasteiger partial charge in [0.15, 0.2) is 5.24 Å². The van der Waals surface area contributed by atoms with Gasteiger partial charge in [0.25, 0.3) is 0 Å². The molecule has 0 aliphatic carbocycles. The summed E-state index contributed by atoms with van der Waals surface area (Å²) in [6.07, 6.45) is 1.19. The number of carbonyl (C=O) groups excluding carboxylic acids is 2. The molecule has 0 aromatic heterocycles. The minimum absolute atomic E-state index is 0.0266. The van der Waals surface area contributed by atoms with Crippen LogP contribution < -0.4 is 4.74 Å².